The summed E-state index contributed by atoms with van der Waals surface area (Å²) in [7, 11) is -23.4. The molecule has 2 fully saturated rings. The fourth-order valence-corrected chi connectivity index (χ4v) is 10.6. The van der Waals surface area contributed by atoms with Gasteiger partial charge in [0.1, 0.15) is 36.2 Å². The highest BCUT2D eigenvalue weighted by molar-refractivity contribution is 7.69. The van der Waals surface area contributed by atoms with Crippen LogP contribution >= 0.6 is 31.3 Å². The Hall–Kier alpha value is -2.50. The average Bonchev–Trinajstić information content (AvgIpc) is 3.79. The van der Waals surface area contributed by atoms with Crippen LogP contribution in [0.15, 0.2) is 22.6 Å². The van der Waals surface area contributed by atoms with E-state index in [1.165, 1.54) is 25.1 Å². The molecule has 2 aromatic heterocycles. The number of fused-ring (bicyclic) bond motifs is 2. The third-order valence-corrected chi connectivity index (χ3v) is 13.8. The first-order valence-corrected chi connectivity index (χ1v) is 20.5. The molecule has 29 heteroatoms. The van der Waals surface area contributed by atoms with Crippen molar-refractivity contribution in [3.05, 3.63) is 24.0 Å². The summed E-state index contributed by atoms with van der Waals surface area (Å²) in [6.07, 6.45) is -1.21. The summed E-state index contributed by atoms with van der Waals surface area (Å²) in [6.45, 7) is -1.78. The molecule has 2 aromatic rings. The molecule has 0 saturated carbocycles. The number of anilines is 2. The number of phosphoric acid groups is 4. The fraction of sp³-hybridized carbons (Fsp3) is 0.545. The Labute approximate surface area is 286 Å². The second-order valence-electron chi connectivity index (χ2n) is 11.3. The Morgan fingerprint density at radius 3 is 1.41 bits per heavy atom. The van der Waals surface area contributed by atoms with Crippen molar-refractivity contribution < 1.29 is 79.5 Å². The van der Waals surface area contributed by atoms with Crippen molar-refractivity contribution in [2.45, 2.75) is 61.3 Å². The van der Waals surface area contributed by atoms with Crippen molar-refractivity contribution in [3.63, 3.8) is 0 Å². The predicted molar refractivity (Wildman–Crippen MR) is 168 cm³/mol. The van der Waals surface area contributed by atoms with Crippen LogP contribution in [0.5, 0.6) is 0 Å². The quantitative estimate of drug-likeness (QED) is 0.119. The lowest BCUT2D eigenvalue weighted by atomic mass is 9.97. The van der Waals surface area contributed by atoms with Gasteiger partial charge in [0.05, 0.1) is 60.9 Å². The first kappa shape index (κ1) is 38.2. The number of aliphatic hydroxyl groups is 2. The summed E-state index contributed by atoms with van der Waals surface area (Å²) in [5.74, 6) is -0.884. The van der Waals surface area contributed by atoms with Crippen LogP contribution < -0.4 is 11.5 Å². The molecule has 0 aliphatic carbocycles. The largest absolute Gasteiger partial charge is 0.490 e. The van der Waals surface area contributed by atoms with Crippen LogP contribution in [0.2, 0.25) is 0 Å². The van der Waals surface area contributed by atoms with Crippen molar-refractivity contribution in [1.29, 1.82) is 0 Å². The maximum atomic E-state index is 12.4. The lowest BCUT2D eigenvalue weighted by Crippen LogP contribution is -2.26. The molecule has 280 valence electrons. The zero-order chi connectivity index (χ0) is 36.9. The molecule has 4 aliphatic rings. The van der Waals surface area contributed by atoms with E-state index in [-0.39, 0.29) is 24.5 Å². The van der Waals surface area contributed by atoms with Crippen LogP contribution in [0.3, 0.4) is 0 Å². The Bertz CT molecular complexity index is 1790. The van der Waals surface area contributed by atoms with Gasteiger partial charge in [-0.15, -0.1) is 0 Å². The van der Waals surface area contributed by atoms with Gasteiger partial charge in [0, 0.05) is 25.3 Å². The minimum atomic E-state index is -6.08. The highest BCUT2D eigenvalue weighted by Crippen LogP contribution is 2.71. The van der Waals surface area contributed by atoms with Gasteiger partial charge in [-0.3, -0.25) is 19.0 Å². The number of nitrogens with two attached hydrogens (primary N) is 2. The third kappa shape index (κ3) is 8.84. The maximum Gasteiger partial charge on any atom is 0.490 e. The van der Waals surface area contributed by atoms with Crippen molar-refractivity contribution in [2.75, 3.05) is 24.7 Å². The van der Waals surface area contributed by atoms with Crippen LogP contribution in [0, 0.1) is 0 Å². The smallest absolute Gasteiger partial charge is 0.390 e. The molecule has 25 nitrogen and oxygen atoms in total. The molecule has 0 radical (unpaired) electrons. The molecule has 6 unspecified atom stereocenters. The second kappa shape index (κ2) is 14.4. The SMILES string of the molecule is Nc1ncnc2c1N=CC2[C@H]1C[C@@H](O)[C@@H](COP(=O)(O)OP(=O)(O)OP(=O)(O)OP(=O)(O)OC[C@H]2O[C@@H](C3C=Nc4c(N)ncnc43)C[C@H]2O)O1. The lowest BCUT2D eigenvalue weighted by molar-refractivity contribution is -0.0233. The molecule has 12 atom stereocenters. The molecule has 0 spiro atoms. The van der Waals surface area contributed by atoms with E-state index in [0.29, 0.717) is 22.8 Å². The zero-order valence-electron chi connectivity index (χ0n) is 25.6. The average molecular weight is 802 g/mol. The minimum absolute atomic E-state index is 0.0121. The molecular weight excluding hydrogens is 772 g/mol. The second-order valence-corrected chi connectivity index (χ2v) is 17.6. The monoisotopic (exact) mass is 802 g/mol. The molecule has 51 heavy (non-hydrogen) atoms. The molecule has 0 aromatic carbocycles. The lowest BCUT2D eigenvalue weighted by Gasteiger charge is -2.22. The number of nitrogen functional groups attached to an aromatic ring is 2. The summed E-state index contributed by atoms with van der Waals surface area (Å²) in [5, 5.41) is 20.8. The minimum Gasteiger partial charge on any atom is -0.390 e. The molecule has 4 aliphatic heterocycles. The van der Waals surface area contributed by atoms with Gasteiger partial charge < -0.3 is 50.7 Å². The van der Waals surface area contributed by atoms with E-state index in [1.807, 2.05) is 0 Å². The molecule has 0 bridgehead atoms. The van der Waals surface area contributed by atoms with Crippen molar-refractivity contribution in [3.8, 4) is 0 Å². The Morgan fingerprint density at radius 1 is 0.647 bits per heavy atom. The van der Waals surface area contributed by atoms with Crippen LogP contribution in [-0.2, 0) is 49.7 Å². The van der Waals surface area contributed by atoms with Gasteiger partial charge in [-0.05, 0) is 0 Å². The molecular formula is C22H30N8O17P4. The van der Waals surface area contributed by atoms with E-state index in [2.05, 4.69) is 51.9 Å². The fourth-order valence-electron chi connectivity index (χ4n) is 5.65. The van der Waals surface area contributed by atoms with Crippen LogP contribution in [0.1, 0.15) is 36.1 Å². The van der Waals surface area contributed by atoms with Crippen LogP contribution in [0.4, 0.5) is 23.0 Å². The number of aromatic nitrogens is 4. The molecule has 10 N–H and O–H groups in total. The molecule has 6 heterocycles. The summed E-state index contributed by atoms with van der Waals surface area (Å²) >= 11 is 0. The Kier molecular flexibility index (Phi) is 10.8. The summed E-state index contributed by atoms with van der Waals surface area (Å²) in [6, 6.07) is 0. The number of aliphatic imine (C=N–C) groups is 2. The van der Waals surface area contributed by atoms with Crippen LogP contribution in [-0.4, -0.2) is 112 Å². The topological polar surface area (TPSA) is 383 Å². The van der Waals surface area contributed by atoms with Gasteiger partial charge in [-0.2, -0.15) is 12.9 Å². The van der Waals surface area contributed by atoms with Gasteiger partial charge in [0.25, 0.3) is 0 Å². The van der Waals surface area contributed by atoms with Gasteiger partial charge >= 0.3 is 31.3 Å². The molecule has 2 saturated heterocycles. The third-order valence-electron chi connectivity index (χ3n) is 7.85. The number of hydrogen-bond acceptors (Lipinski definition) is 21. The standard InChI is InChI=1S/C22H30N8O17P4/c23-21-19-17(27-7-29-21)9(3-25-19)13-1-11(31)15(43-13)5-41-48(33,34)45-50(37,38)47-51(39,40)46-49(35,36)42-6-16-12(32)2-14(44-16)10-4-26-20-18(10)28-8-30-22(20)24/h3-4,7-16,31-32H,1-2,5-6H2,(H,33,34)(H,35,36)(H,37,38)(H,39,40)(H2,23,27,29)(H2,24,28,30)/t9?,10?,11-,12-,13-,14-,15-,16-/m1/s1. The highest BCUT2D eigenvalue weighted by atomic mass is 31.3. The number of hydrogen-bond donors (Lipinski definition) is 8. The normalized spacial score (nSPS) is 32.9. The van der Waals surface area contributed by atoms with E-state index in [1.54, 1.807) is 0 Å². The van der Waals surface area contributed by atoms with Gasteiger partial charge in [-0.1, -0.05) is 0 Å². The number of phosphoric ester groups is 2. The summed E-state index contributed by atoms with van der Waals surface area (Å²) in [5.41, 5.74) is 13.1. The van der Waals surface area contributed by atoms with E-state index >= 15 is 0 Å². The van der Waals surface area contributed by atoms with Gasteiger partial charge in [0.15, 0.2) is 11.6 Å². The van der Waals surface area contributed by atoms with E-state index in [9.17, 15) is 48.0 Å². The van der Waals surface area contributed by atoms with E-state index in [0.717, 1.165) is 0 Å². The number of nitrogens with zero attached hydrogens (tertiary/aromatic N) is 6. The maximum absolute atomic E-state index is 12.4. The van der Waals surface area contributed by atoms with Crippen molar-refractivity contribution >= 4 is 66.7 Å². The van der Waals surface area contributed by atoms with Crippen molar-refractivity contribution in [2.24, 2.45) is 9.98 Å². The zero-order valence-corrected chi connectivity index (χ0v) is 29.1. The molecule has 0 amide bonds. The Morgan fingerprint density at radius 2 is 1.02 bits per heavy atom. The first-order chi connectivity index (χ1) is 23.8. The number of aliphatic hydroxyl groups excluding tert-OH is 2. The summed E-state index contributed by atoms with van der Waals surface area (Å²) < 4.78 is 81.9. The Balaban J connectivity index is 0.971. The van der Waals surface area contributed by atoms with Crippen molar-refractivity contribution in [1.82, 2.24) is 19.9 Å². The predicted octanol–water partition coefficient (Wildman–Crippen LogP) is 0.252. The highest BCUT2D eigenvalue weighted by Gasteiger charge is 2.48. The number of rotatable bonds is 14. The van der Waals surface area contributed by atoms with E-state index in [4.69, 9.17) is 20.9 Å². The van der Waals surface area contributed by atoms with Crippen LogP contribution in [0.25, 0.3) is 0 Å². The van der Waals surface area contributed by atoms with Gasteiger partial charge in [-0.25, -0.2) is 38.2 Å². The first-order valence-electron chi connectivity index (χ1n) is 14.5. The molecule has 6 rings (SSSR count). The van der Waals surface area contributed by atoms with E-state index < -0.39 is 93.0 Å². The number of ether oxygens (including phenoxy) is 2. The van der Waals surface area contributed by atoms with Gasteiger partial charge in [0.2, 0.25) is 0 Å². The summed E-state index contributed by atoms with van der Waals surface area (Å²) in [4.78, 5) is 63.9.